The van der Waals surface area contributed by atoms with Gasteiger partial charge in [0.25, 0.3) is 5.97 Å². The Balaban J connectivity index is 0.00000301. The molecular formula is C19H42N2O5. The van der Waals surface area contributed by atoms with Crippen LogP contribution >= 0.6 is 0 Å². The number of hydrogen-bond donors (Lipinski definition) is 2. The van der Waals surface area contributed by atoms with Crippen LogP contribution in [0.1, 0.15) is 64.7 Å². The first-order valence-corrected chi connectivity index (χ1v) is 9.90. The lowest BCUT2D eigenvalue weighted by Gasteiger charge is -2.36. The lowest BCUT2D eigenvalue weighted by Crippen LogP contribution is -2.44. The molecule has 1 aliphatic rings. The van der Waals surface area contributed by atoms with Gasteiger partial charge in [0.1, 0.15) is 6.10 Å². The van der Waals surface area contributed by atoms with E-state index in [2.05, 4.69) is 18.6 Å². The van der Waals surface area contributed by atoms with Crippen molar-refractivity contribution in [2.75, 3.05) is 41.2 Å². The van der Waals surface area contributed by atoms with Gasteiger partial charge in [0.15, 0.2) is 0 Å². The van der Waals surface area contributed by atoms with E-state index in [4.69, 9.17) is 23.7 Å². The molecule has 0 aromatic heterocycles. The predicted molar refractivity (Wildman–Crippen MR) is 103 cm³/mol. The Morgan fingerprint density at radius 2 is 1.46 bits per heavy atom. The Morgan fingerprint density at radius 3 is 2.00 bits per heavy atom. The summed E-state index contributed by atoms with van der Waals surface area (Å²) in [6, 6.07) is 0. The number of hydrazine groups is 1. The molecule has 1 fully saturated rings. The van der Waals surface area contributed by atoms with Crippen molar-refractivity contribution in [3.63, 3.8) is 0 Å². The smallest absolute Gasteiger partial charge is 0.285 e. The van der Waals surface area contributed by atoms with E-state index in [9.17, 15) is 0 Å². The SMILES string of the molecule is CCCCCCCCC(CCCOCC1CO1)C(OC)(OC)OC.NN. The summed E-state index contributed by atoms with van der Waals surface area (Å²) in [5.74, 6) is 7.27. The van der Waals surface area contributed by atoms with Crippen molar-refractivity contribution < 1.29 is 23.7 Å². The van der Waals surface area contributed by atoms with Crippen molar-refractivity contribution in [2.24, 2.45) is 17.6 Å². The van der Waals surface area contributed by atoms with Crippen LogP contribution in [-0.4, -0.2) is 53.2 Å². The van der Waals surface area contributed by atoms with Crippen LogP contribution in [0.15, 0.2) is 0 Å². The van der Waals surface area contributed by atoms with Crippen LogP contribution in [0.2, 0.25) is 0 Å². The van der Waals surface area contributed by atoms with Gasteiger partial charge in [-0.15, -0.1) is 0 Å². The van der Waals surface area contributed by atoms with Crippen molar-refractivity contribution in [2.45, 2.75) is 76.8 Å². The summed E-state index contributed by atoms with van der Waals surface area (Å²) >= 11 is 0. The van der Waals surface area contributed by atoms with Gasteiger partial charge in [-0.25, -0.2) is 0 Å². The van der Waals surface area contributed by atoms with E-state index in [0.29, 0.717) is 12.7 Å². The van der Waals surface area contributed by atoms with Crippen molar-refractivity contribution in [3.8, 4) is 0 Å². The minimum atomic E-state index is -0.941. The Hall–Kier alpha value is -0.280. The third-order valence-corrected chi connectivity index (χ3v) is 4.81. The molecule has 1 aliphatic heterocycles. The number of epoxide rings is 1. The largest absolute Gasteiger partial charge is 0.379 e. The molecule has 7 heteroatoms. The topological polar surface area (TPSA) is 101 Å². The molecule has 1 heterocycles. The Labute approximate surface area is 160 Å². The third kappa shape index (κ3) is 10.8. The molecule has 0 radical (unpaired) electrons. The first kappa shape index (κ1) is 25.7. The number of rotatable bonds is 17. The van der Waals surface area contributed by atoms with Crippen LogP contribution in [0.4, 0.5) is 0 Å². The number of nitrogens with two attached hydrogens (primary N) is 2. The van der Waals surface area contributed by atoms with E-state index < -0.39 is 5.97 Å². The van der Waals surface area contributed by atoms with E-state index >= 15 is 0 Å². The lowest BCUT2D eigenvalue weighted by atomic mass is 9.93. The van der Waals surface area contributed by atoms with E-state index in [1.807, 2.05) is 0 Å². The van der Waals surface area contributed by atoms with Crippen LogP contribution < -0.4 is 11.7 Å². The summed E-state index contributed by atoms with van der Waals surface area (Å²) in [6.07, 6.45) is 11.0. The van der Waals surface area contributed by atoms with Crippen molar-refractivity contribution in [1.82, 2.24) is 0 Å². The van der Waals surface area contributed by atoms with Gasteiger partial charge in [-0.2, -0.15) is 0 Å². The zero-order chi connectivity index (χ0) is 19.7. The second-order valence-corrected chi connectivity index (χ2v) is 6.64. The van der Waals surface area contributed by atoms with Gasteiger partial charge in [0.05, 0.1) is 13.2 Å². The number of hydrogen-bond acceptors (Lipinski definition) is 7. The molecule has 0 aromatic carbocycles. The van der Waals surface area contributed by atoms with Gasteiger partial charge in [0.2, 0.25) is 0 Å². The molecule has 0 aliphatic carbocycles. The highest BCUT2D eigenvalue weighted by atomic mass is 16.9. The van der Waals surface area contributed by atoms with E-state index in [-0.39, 0.29) is 5.92 Å². The second-order valence-electron chi connectivity index (χ2n) is 6.64. The average Bonchev–Trinajstić information content (AvgIpc) is 3.51. The molecule has 0 spiro atoms. The molecular weight excluding hydrogens is 336 g/mol. The number of unbranched alkanes of at least 4 members (excludes halogenated alkanes) is 5. The van der Waals surface area contributed by atoms with Crippen LogP contribution in [0.25, 0.3) is 0 Å². The fourth-order valence-electron chi connectivity index (χ4n) is 3.23. The summed E-state index contributed by atoms with van der Waals surface area (Å²) < 4.78 is 27.6. The van der Waals surface area contributed by atoms with Crippen LogP contribution in [0, 0.1) is 5.92 Å². The van der Waals surface area contributed by atoms with Gasteiger partial charge in [-0.05, 0) is 19.3 Å². The zero-order valence-electron chi connectivity index (χ0n) is 17.3. The molecule has 0 amide bonds. The standard InChI is InChI=1S/C19H38O5.H4N2/c1-5-6-7-8-9-10-12-17(19(20-2,21-3)22-4)13-11-14-23-15-18-16-24-18;1-2/h17-18H,5-16H2,1-4H3;1-2H2. The highest BCUT2D eigenvalue weighted by molar-refractivity contribution is 4.72. The molecule has 1 rings (SSSR count). The first-order chi connectivity index (χ1) is 12.7. The molecule has 2 atom stereocenters. The van der Waals surface area contributed by atoms with Gasteiger partial charge in [-0.1, -0.05) is 45.4 Å². The third-order valence-electron chi connectivity index (χ3n) is 4.81. The van der Waals surface area contributed by atoms with Gasteiger partial charge in [-0.3, -0.25) is 11.7 Å². The van der Waals surface area contributed by atoms with Crippen molar-refractivity contribution in [3.05, 3.63) is 0 Å². The molecule has 7 nitrogen and oxygen atoms in total. The molecule has 26 heavy (non-hydrogen) atoms. The molecule has 0 saturated carbocycles. The summed E-state index contributed by atoms with van der Waals surface area (Å²) in [6.45, 7) is 4.56. The summed E-state index contributed by atoms with van der Waals surface area (Å²) in [5.41, 5.74) is 0. The van der Waals surface area contributed by atoms with Crippen molar-refractivity contribution >= 4 is 0 Å². The average molecular weight is 379 g/mol. The fourth-order valence-corrected chi connectivity index (χ4v) is 3.23. The minimum absolute atomic E-state index is 0.212. The van der Waals surface area contributed by atoms with Crippen LogP contribution in [0.3, 0.4) is 0 Å². The first-order valence-electron chi connectivity index (χ1n) is 9.90. The van der Waals surface area contributed by atoms with E-state index in [1.54, 1.807) is 21.3 Å². The molecule has 0 bridgehead atoms. The number of ether oxygens (including phenoxy) is 5. The highest BCUT2D eigenvalue weighted by Crippen LogP contribution is 2.32. The van der Waals surface area contributed by atoms with E-state index in [1.165, 1.54) is 38.5 Å². The van der Waals surface area contributed by atoms with Crippen LogP contribution in [-0.2, 0) is 23.7 Å². The molecule has 158 valence electrons. The normalized spacial score (nSPS) is 17.5. The molecule has 1 saturated heterocycles. The summed E-state index contributed by atoms with van der Waals surface area (Å²) in [5, 5.41) is 0. The monoisotopic (exact) mass is 378 g/mol. The maximum absolute atomic E-state index is 5.64. The quantitative estimate of drug-likeness (QED) is 0.132. The van der Waals surface area contributed by atoms with E-state index in [0.717, 1.165) is 32.5 Å². The van der Waals surface area contributed by atoms with Gasteiger partial charge >= 0.3 is 0 Å². The predicted octanol–water partition coefficient (Wildman–Crippen LogP) is 2.96. The second kappa shape index (κ2) is 16.9. The van der Waals surface area contributed by atoms with Gasteiger partial charge in [0, 0.05) is 33.9 Å². The Kier molecular flexibility index (Phi) is 16.7. The zero-order valence-corrected chi connectivity index (χ0v) is 17.3. The molecule has 0 aromatic rings. The molecule has 2 unspecified atom stereocenters. The van der Waals surface area contributed by atoms with Crippen LogP contribution in [0.5, 0.6) is 0 Å². The lowest BCUT2D eigenvalue weighted by molar-refractivity contribution is -0.380. The number of methoxy groups -OCH3 is 3. The molecule has 4 N–H and O–H groups in total. The fraction of sp³-hybridized carbons (Fsp3) is 1.00. The Morgan fingerprint density at radius 1 is 0.923 bits per heavy atom. The maximum atomic E-state index is 5.64. The summed E-state index contributed by atoms with van der Waals surface area (Å²) in [7, 11) is 4.96. The minimum Gasteiger partial charge on any atom is -0.379 e. The summed E-state index contributed by atoms with van der Waals surface area (Å²) in [4.78, 5) is 0. The van der Waals surface area contributed by atoms with Crippen molar-refractivity contribution in [1.29, 1.82) is 0 Å². The van der Waals surface area contributed by atoms with Gasteiger partial charge < -0.3 is 23.7 Å². The Bertz CT molecular complexity index is 291. The highest BCUT2D eigenvalue weighted by Gasteiger charge is 2.39. The maximum Gasteiger partial charge on any atom is 0.285 e.